The molecule has 0 spiro atoms. The summed E-state index contributed by atoms with van der Waals surface area (Å²) in [5, 5.41) is 9.96. The van der Waals surface area contributed by atoms with Crippen LogP contribution in [0.15, 0.2) is 30.5 Å². The number of benzene rings is 1. The zero-order valence-corrected chi connectivity index (χ0v) is 9.80. The molecule has 4 heteroatoms. The lowest BCUT2D eigenvalue weighted by Crippen LogP contribution is -2.07. The molecule has 0 atom stereocenters. The van der Waals surface area contributed by atoms with Gasteiger partial charge in [0.2, 0.25) is 0 Å². The van der Waals surface area contributed by atoms with Crippen molar-refractivity contribution in [3.63, 3.8) is 0 Å². The highest BCUT2D eigenvalue weighted by atomic mass is 16.5. The molecule has 1 aliphatic rings. The number of nitrogens with zero attached hydrogens (tertiary/aromatic N) is 1. The van der Waals surface area contributed by atoms with Crippen LogP contribution in [0, 0.1) is 5.92 Å². The number of carboxylic acids is 1. The maximum Gasteiger partial charge on any atom is 0.340 e. The van der Waals surface area contributed by atoms with Gasteiger partial charge in [0.15, 0.2) is 5.75 Å². The van der Waals surface area contributed by atoms with Gasteiger partial charge in [-0.3, -0.25) is 4.98 Å². The molecule has 1 aliphatic carbocycles. The fourth-order valence-corrected chi connectivity index (χ4v) is 1.95. The van der Waals surface area contributed by atoms with Crippen molar-refractivity contribution < 1.29 is 14.6 Å². The second kappa shape index (κ2) is 4.29. The van der Waals surface area contributed by atoms with Crippen molar-refractivity contribution in [2.45, 2.75) is 12.8 Å². The number of pyridine rings is 1. The molecule has 18 heavy (non-hydrogen) atoms. The summed E-state index contributed by atoms with van der Waals surface area (Å²) in [7, 11) is 0. The Hall–Kier alpha value is -2.10. The Morgan fingerprint density at radius 1 is 1.39 bits per heavy atom. The normalized spacial score (nSPS) is 14.7. The average molecular weight is 243 g/mol. The lowest BCUT2D eigenvalue weighted by molar-refractivity contribution is 0.0694. The minimum absolute atomic E-state index is 0.209. The maximum atomic E-state index is 11.4. The molecule has 1 aromatic heterocycles. The summed E-state index contributed by atoms with van der Waals surface area (Å²) in [6.07, 6.45) is 3.85. The fourth-order valence-electron chi connectivity index (χ4n) is 1.95. The molecule has 3 rings (SSSR count). The smallest absolute Gasteiger partial charge is 0.340 e. The van der Waals surface area contributed by atoms with Gasteiger partial charge >= 0.3 is 5.97 Å². The van der Waals surface area contributed by atoms with E-state index in [1.165, 1.54) is 19.0 Å². The maximum absolute atomic E-state index is 11.4. The molecular weight excluding hydrogens is 230 g/mol. The molecule has 1 saturated carbocycles. The Balaban J connectivity index is 2.05. The van der Waals surface area contributed by atoms with Crippen LogP contribution in [-0.4, -0.2) is 22.7 Å². The first kappa shape index (κ1) is 11.0. The molecular formula is C14H13NO3. The third kappa shape index (κ3) is 2.01. The summed E-state index contributed by atoms with van der Waals surface area (Å²) >= 11 is 0. The first-order valence-corrected chi connectivity index (χ1v) is 5.99. The van der Waals surface area contributed by atoms with Crippen LogP contribution in [0.2, 0.25) is 0 Å². The summed E-state index contributed by atoms with van der Waals surface area (Å²) in [4.78, 5) is 15.6. The van der Waals surface area contributed by atoms with Crippen molar-refractivity contribution in [2.75, 3.05) is 6.61 Å². The third-order valence-corrected chi connectivity index (χ3v) is 3.13. The highest BCUT2D eigenvalue weighted by Crippen LogP contribution is 2.31. The monoisotopic (exact) mass is 243 g/mol. The van der Waals surface area contributed by atoms with Crippen LogP contribution in [0.4, 0.5) is 0 Å². The Kier molecular flexibility index (Phi) is 2.63. The molecule has 0 radical (unpaired) electrons. The number of hydrogen-bond acceptors (Lipinski definition) is 3. The number of carbonyl (C=O) groups is 1. The minimum Gasteiger partial charge on any atom is -0.491 e. The molecule has 1 heterocycles. The predicted octanol–water partition coefficient (Wildman–Crippen LogP) is 2.72. The Bertz CT molecular complexity index is 605. The highest BCUT2D eigenvalue weighted by molar-refractivity contribution is 6.04. The van der Waals surface area contributed by atoms with Crippen molar-refractivity contribution in [1.82, 2.24) is 4.98 Å². The summed E-state index contributed by atoms with van der Waals surface area (Å²) in [6, 6.07) is 7.20. The van der Waals surface area contributed by atoms with Gasteiger partial charge in [0.1, 0.15) is 5.56 Å². The molecule has 0 amide bonds. The van der Waals surface area contributed by atoms with Gasteiger partial charge in [-0.15, -0.1) is 0 Å². The van der Waals surface area contributed by atoms with Crippen LogP contribution in [0.25, 0.3) is 10.9 Å². The lowest BCUT2D eigenvalue weighted by atomic mass is 10.1. The van der Waals surface area contributed by atoms with Gasteiger partial charge < -0.3 is 9.84 Å². The zero-order valence-electron chi connectivity index (χ0n) is 9.80. The fraction of sp³-hybridized carbons (Fsp3) is 0.286. The zero-order chi connectivity index (χ0) is 12.5. The summed E-state index contributed by atoms with van der Waals surface area (Å²) in [5.74, 6) is -0.0226. The Labute approximate surface area is 104 Å². The van der Waals surface area contributed by atoms with Crippen molar-refractivity contribution >= 4 is 16.9 Å². The molecule has 0 unspecified atom stereocenters. The first-order valence-electron chi connectivity index (χ1n) is 5.99. The van der Waals surface area contributed by atoms with Gasteiger partial charge in [0.25, 0.3) is 0 Å². The number of hydrogen-bond donors (Lipinski definition) is 1. The molecule has 92 valence electrons. The van der Waals surface area contributed by atoms with E-state index in [0.29, 0.717) is 29.2 Å². The number of aromatic nitrogens is 1. The molecule has 2 aromatic rings. The van der Waals surface area contributed by atoms with E-state index in [1.54, 1.807) is 18.2 Å². The number of aromatic carboxylic acids is 1. The van der Waals surface area contributed by atoms with E-state index in [2.05, 4.69) is 4.98 Å². The molecule has 0 bridgehead atoms. The van der Waals surface area contributed by atoms with Gasteiger partial charge in [-0.2, -0.15) is 0 Å². The third-order valence-electron chi connectivity index (χ3n) is 3.13. The van der Waals surface area contributed by atoms with E-state index < -0.39 is 5.97 Å². The summed E-state index contributed by atoms with van der Waals surface area (Å²) in [6.45, 7) is 0.584. The number of para-hydroxylation sites is 1. The highest BCUT2D eigenvalue weighted by Gasteiger charge is 2.24. The van der Waals surface area contributed by atoms with Crippen LogP contribution in [-0.2, 0) is 0 Å². The average Bonchev–Trinajstić information content (AvgIpc) is 3.19. The van der Waals surface area contributed by atoms with Crippen molar-refractivity contribution in [1.29, 1.82) is 0 Å². The van der Waals surface area contributed by atoms with Crippen LogP contribution in [0.3, 0.4) is 0 Å². The van der Waals surface area contributed by atoms with E-state index >= 15 is 0 Å². The van der Waals surface area contributed by atoms with Crippen LogP contribution >= 0.6 is 0 Å². The van der Waals surface area contributed by atoms with E-state index in [4.69, 9.17) is 4.74 Å². The van der Waals surface area contributed by atoms with E-state index in [0.717, 1.165) is 0 Å². The first-order chi connectivity index (χ1) is 8.75. The van der Waals surface area contributed by atoms with Crippen molar-refractivity contribution in [2.24, 2.45) is 5.92 Å². The summed E-state index contributed by atoms with van der Waals surface area (Å²) < 4.78 is 5.59. The van der Waals surface area contributed by atoms with E-state index in [-0.39, 0.29) is 5.56 Å². The molecule has 4 nitrogen and oxygen atoms in total. The van der Waals surface area contributed by atoms with Crippen LogP contribution in [0.1, 0.15) is 23.2 Å². The number of ether oxygens (including phenoxy) is 1. The number of carboxylic acid groups (broad SMARTS) is 1. The van der Waals surface area contributed by atoms with Gasteiger partial charge in [-0.25, -0.2) is 4.79 Å². The molecule has 1 fully saturated rings. The largest absolute Gasteiger partial charge is 0.491 e. The lowest BCUT2D eigenvalue weighted by Gasteiger charge is -2.10. The van der Waals surface area contributed by atoms with Crippen LogP contribution in [0.5, 0.6) is 5.75 Å². The minimum atomic E-state index is -0.973. The van der Waals surface area contributed by atoms with Gasteiger partial charge in [-0.05, 0) is 24.8 Å². The van der Waals surface area contributed by atoms with Crippen molar-refractivity contribution in [3.05, 3.63) is 36.0 Å². The second-order valence-corrected chi connectivity index (χ2v) is 4.57. The summed E-state index contributed by atoms with van der Waals surface area (Å²) in [5.41, 5.74) is 0.884. The molecule has 0 aliphatic heterocycles. The number of fused-ring (bicyclic) bond motifs is 1. The van der Waals surface area contributed by atoms with Crippen molar-refractivity contribution in [3.8, 4) is 5.75 Å². The van der Waals surface area contributed by atoms with E-state index in [1.807, 2.05) is 6.07 Å². The molecule has 0 saturated heterocycles. The second-order valence-electron chi connectivity index (χ2n) is 4.57. The quantitative estimate of drug-likeness (QED) is 0.896. The topological polar surface area (TPSA) is 59.4 Å². The Morgan fingerprint density at radius 3 is 2.89 bits per heavy atom. The molecule has 1 N–H and O–H groups in total. The standard InChI is InChI=1S/C14H13NO3/c16-14(17)13-10-3-1-2-4-11(10)15-7-12(13)18-8-9-5-6-9/h1-4,7,9H,5-6,8H2,(H,16,17). The van der Waals surface area contributed by atoms with Gasteiger partial charge in [-0.1, -0.05) is 18.2 Å². The van der Waals surface area contributed by atoms with Gasteiger partial charge in [0, 0.05) is 5.39 Å². The van der Waals surface area contributed by atoms with Gasteiger partial charge in [0.05, 0.1) is 18.3 Å². The Morgan fingerprint density at radius 2 is 2.17 bits per heavy atom. The predicted molar refractivity (Wildman–Crippen MR) is 66.9 cm³/mol. The molecule has 1 aromatic carbocycles. The number of rotatable bonds is 4. The van der Waals surface area contributed by atoms with E-state index in [9.17, 15) is 9.90 Å². The SMILES string of the molecule is O=C(O)c1c(OCC2CC2)cnc2ccccc12. The van der Waals surface area contributed by atoms with Crippen LogP contribution < -0.4 is 4.74 Å².